The van der Waals surface area contributed by atoms with Crippen molar-refractivity contribution in [3.63, 3.8) is 0 Å². The number of carboxylic acid groups (broad SMARTS) is 1. The molecule has 0 saturated carbocycles. The van der Waals surface area contributed by atoms with E-state index in [4.69, 9.17) is 10.8 Å². The summed E-state index contributed by atoms with van der Waals surface area (Å²) in [6, 6.07) is -0.920. The van der Waals surface area contributed by atoms with Crippen LogP contribution in [0.25, 0.3) is 0 Å². The van der Waals surface area contributed by atoms with E-state index in [-0.39, 0.29) is 31.0 Å². The van der Waals surface area contributed by atoms with Gasteiger partial charge in [-0.1, -0.05) is 46.0 Å². The average Bonchev–Trinajstić information content (AvgIpc) is 2.37. The number of carboxylic acids is 1. The molecule has 0 aliphatic heterocycles. The maximum Gasteiger partial charge on any atom is 0.320 e. The number of rotatable bonds is 13. The zero-order valence-corrected chi connectivity index (χ0v) is 13.4. The van der Waals surface area contributed by atoms with Crippen LogP contribution in [0.3, 0.4) is 0 Å². The lowest BCUT2D eigenvalue weighted by atomic mass is 9.94. The number of ketones is 1. The second-order valence-corrected chi connectivity index (χ2v) is 6.09. The molecule has 0 bridgehead atoms. The zero-order valence-electron chi connectivity index (χ0n) is 13.4. The van der Waals surface area contributed by atoms with Crippen molar-refractivity contribution in [2.45, 2.75) is 83.8 Å². The molecular weight excluding hydrogens is 270 g/mol. The number of unbranched alkanes of at least 4 members (excludes halogenated alkanes) is 4. The third-order valence-corrected chi connectivity index (χ3v) is 3.65. The second kappa shape index (κ2) is 11.7. The molecule has 0 aliphatic carbocycles. The van der Waals surface area contributed by atoms with Crippen molar-refractivity contribution in [3.05, 3.63) is 0 Å². The van der Waals surface area contributed by atoms with E-state index in [1.54, 1.807) is 0 Å². The largest absolute Gasteiger partial charge is 0.480 e. The standard InChI is InChI=1S/C16H31NO4/c1-3-4-5-6-7-8-13(18)11-14(19)9-12(2)10-15(17)16(20)21/h12-13,15,18H,3-11,17H2,1-2H3,(H,20,21)/t12?,13?,15-/m0/s1. The first-order valence-electron chi connectivity index (χ1n) is 8.04. The van der Waals surface area contributed by atoms with Crippen molar-refractivity contribution >= 4 is 11.8 Å². The molecule has 0 saturated heterocycles. The molecule has 0 radical (unpaired) electrons. The van der Waals surface area contributed by atoms with E-state index in [0.29, 0.717) is 6.42 Å². The van der Waals surface area contributed by atoms with Gasteiger partial charge in [0.15, 0.2) is 0 Å². The summed E-state index contributed by atoms with van der Waals surface area (Å²) >= 11 is 0. The fourth-order valence-electron chi connectivity index (χ4n) is 2.44. The molecule has 0 aromatic rings. The molecule has 0 spiro atoms. The van der Waals surface area contributed by atoms with Crippen LogP contribution in [0.4, 0.5) is 0 Å². The Kier molecular flexibility index (Phi) is 11.2. The van der Waals surface area contributed by atoms with Crippen molar-refractivity contribution < 1.29 is 19.8 Å². The maximum atomic E-state index is 11.8. The number of hydrogen-bond acceptors (Lipinski definition) is 4. The molecule has 124 valence electrons. The van der Waals surface area contributed by atoms with Gasteiger partial charge in [-0.3, -0.25) is 9.59 Å². The van der Waals surface area contributed by atoms with Gasteiger partial charge in [0.05, 0.1) is 6.10 Å². The first-order valence-corrected chi connectivity index (χ1v) is 8.04. The SMILES string of the molecule is CCCCCCCC(O)CC(=O)CC(C)C[C@H](N)C(=O)O. The molecule has 5 heteroatoms. The lowest BCUT2D eigenvalue weighted by molar-refractivity contribution is -0.139. The Labute approximate surface area is 127 Å². The topological polar surface area (TPSA) is 101 Å². The number of hydrogen-bond donors (Lipinski definition) is 3. The van der Waals surface area contributed by atoms with E-state index >= 15 is 0 Å². The Hall–Kier alpha value is -0.940. The third-order valence-electron chi connectivity index (χ3n) is 3.65. The summed E-state index contributed by atoms with van der Waals surface area (Å²) in [5.41, 5.74) is 5.44. The zero-order chi connectivity index (χ0) is 16.3. The predicted molar refractivity (Wildman–Crippen MR) is 83.0 cm³/mol. The Bertz CT molecular complexity index is 307. The molecular formula is C16H31NO4. The third kappa shape index (κ3) is 11.4. The van der Waals surface area contributed by atoms with E-state index in [1.807, 2.05) is 6.92 Å². The molecule has 0 heterocycles. The lowest BCUT2D eigenvalue weighted by Gasteiger charge is -2.15. The molecule has 21 heavy (non-hydrogen) atoms. The number of carbonyl (C=O) groups is 2. The highest BCUT2D eigenvalue weighted by Gasteiger charge is 2.19. The summed E-state index contributed by atoms with van der Waals surface area (Å²) in [7, 11) is 0. The van der Waals surface area contributed by atoms with Crippen LogP contribution >= 0.6 is 0 Å². The fraction of sp³-hybridized carbons (Fsp3) is 0.875. The summed E-state index contributed by atoms with van der Waals surface area (Å²) in [6.07, 6.45) is 6.48. The minimum Gasteiger partial charge on any atom is -0.480 e. The van der Waals surface area contributed by atoms with Crippen LogP contribution in [0.5, 0.6) is 0 Å². The molecule has 0 fully saturated rings. The van der Waals surface area contributed by atoms with Crippen LogP contribution in [-0.2, 0) is 9.59 Å². The molecule has 0 aliphatic rings. The second-order valence-electron chi connectivity index (χ2n) is 6.09. The molecule has 0 aromatic carbocycles. The van der Waals surface area contributed by atoms with Crippen LogP contribution in [0, 0.1) is 5.92 Å². The summed E-state index contributed by atoms with van der Waals surface area (Å²) in [5.74, 6) is -1.12. The first-order chi connectivity index (χ1) is 9.86. The van der Waals surface area contributed by atoms with Crippen molar-refractivity contribution in [2.75, 3.05) is 0 Å². The monoisotopic (exact) mass is 301 g/mol. The van der Waals surface area contributed by atoms with Crippen LogP contribution < -0.4 is 5.73 Å². The highest BCUT2D eigenvalue weighted by atomic mass is 16.4. The molecule has 0 rings (SSSR count). The van der Waals surface area contributed by atoms with Crippen molar-refractivity contribution in [2.24, 2.45) is 11.7 Å². The molecule has 0 aromatic heterocycles. The molecule has 0 amide bonds. The van der Waals surface area contributed by atoms with Crippen molar-refractivity contribution in [3.8, 4) is 0 Å². The Morgan fingerprint density at radius 1 is 1.10 bits per heavy atom. The molecule has 4 N–H and O–H groups in total. The van der Waals surface area contributed by atoms with Crippen LogP contribution in [0.15, 0.2) is 0 Å². The highest BCUT2D eigenvalue weighted by Crippen LogP contribution is 2.15. The van der Waals surface area contributed by atoms with Crippen molar-refractivity contribution in [1.29, 1.82) is 0 Å². The van der Waals surface area contributed by atoms with Gasteiger partial charge in [-0.05, 0) is 18.8 Å². The Morgan fingerprint density at radius 3 is 2.29 bits per heavy atom. The van der Waals surface area contributed by atoms with Crippen LogP contribution in [0.1, 0.15) is 71.6 Å². The minimum atomic E-state index is -1.04. The van der Waals surface area contributed by atoms with Gasteiger partial charge in [0, 0.05) is 12.8 Å². The van der Waals surface area contributed by atoms with E-state index in [2.05, 4.69) is 6.92 Å². The van der Waals surface area contributed by atoms with Crippen LogP contribution in [-0.4, -0.2) is 34.1 Å². The number of nitrogens with two attached hydrogens (primary N) is 1. The summed E-state index contributed by atoms with van der Waals surface area (Å²) < 4.78 is 0. The smallest absolute Gasteiger partial charge is 0.320 e. The van der Waals surface area contributed by atoms with E-state index in [9.17, 15) is 14.7 Å². The minimum absolute atomic E-state index is 0.0128. The Morgan fingerprint density at radius 2 is 1.71 bits per heavy atom. The predicted octanol–water partition coefficient (Wildman–Crippen LogP) is 2.50. The van der Waals surface area contributed by atoms with Gasteiger partial charge in [-0.2, -0.15) is 0 Å². The quantitative estimate of drug-likeness (QED) is 0.454. The molecule has 5 nitrogen and oxygen atoms in total. The van der Waals surface area contributed by atoms with Crippen LogP contribution in [0.2, 0.25) is 0 Å². The molecule has 3 atom stereocenters. The van der Waals surface area contributed by atoms with Gasteiger partial charge in [-0.15, -0.1) is 0 Å². The van der Waals surface area contributed by atoms with Gasteiger partial charge < -0.3 is 15.9 Å². The first kappa shape index (κ1) is 20.1. The normalized spacial score (nSPS) is 15.4. The van der Waals surface area contributed by atoms with E-state index < -0.39 is 18.1 Å². The van der Waals surface area contributed by atoms with Gasteiger partial charge >= 0.3 is 5.97 Å². The van der Waals surface area contributed by atoms with Gasteiger partial charge in [0.25, 0.3) is 0 Å². The maximum absolute atomic E-state index is 11.8. The number of aliphatic hydroxyl groups excluding tert-OH is 1. The average molecular weight is 301 g/mol. The summed E-state index contributed by atoms with van der Waals surface area (Å²) in [5, 5.41) is 18.5. The van der Waals surface area contributed by atoms with E-state index in [1.165, 1.54) is 19.3 Å². The van der Waals surface area contributed by atoms with Crippen molar-refractivity contribution in [1.82, 2.24) is 0 Å². The van der Waals surface area contributed by atoms with E-state index in [0.717, 1.165) is 12.8 Å². The summed E-state index contributed by atoms with van der Waals surface area (Å²) in [4.78, 5) is 22.4. The van der Waals surface area contributed by atoms with Gasteiger partial charge in [0.1, 0.15) is 11.8 Å². The number of aliphatic hydroxyl groups is 1. The number of aliphatic carboxylic acids is 1. The number of Topliss-reactive ketones (excluding diaryl/α,β-unsaturated/α-hetero) is 1. The Balaban J connectivity index is 3.78. The summed E-state index contributed by atoms with van der Waals surface area (Å²) in [6.45, 7) is 3.97. The number of carbonyl (C=O) groups excluding carboxylic acids is 1. The lowest BCUT2D eigenvalue weighted by Crippen LogP contribution is -2.32. The highest BCUT2D eigenvalue weighted by molar-refractivity contribution is 5.79. The fourth-order valence-corrected chi connectivity index (χ4v) is 2.44. The van der Waals surface area contributed by atoms with Gasteiger partial charge in [0.2, 0.25) is 0 Å². The van der Waals surface area contributed by atoms with Gasteiger partial charge in [-0.25, -0.2) is 0 Å². The molecule has 2 unspecified atom stereocenters.